The van der Waals surface area contributed by atoms with Crippen molar-refractivity contribution in [2.24, 2.45) is 11.8 Å². The van der Waals surface area contributed by atoms with E-state index in [2.05, 4.69) is 24.2 Å². The van der Waals surface area contributed by atoms with Gasteiger partial charge < -0.3 is 10.2 Å². The monoisotopic (exact) mass is 170 g/mol. The lowest BCUT2D eigenvalue weighted by Crippen LogP contribution is -2.18. The summed E-state index contributed by atoms with van der Waals surface area (Å²) in [7, 11) is 4.28. The number of nitrogens with zero attached hydrogens (tertiary/aromatic N) is 1. The zero-order chi connectivity index (χ0) is 8.97. The van der Waals surface area contributed by atoms with E-state index in [4.69, 9.17) is 0 Å². The molecule has 1 N–H and O–H groups in total. The van der Waals surface area contributed by atoms with Gasteiger partial charge in [0.2, 0.25) is 0 Å². The fourth-order valence-electron chi connectivity index (χ4n) is 2.29. The summed E-state index contributed by atoms with van der Waals surface area (Å²) in [4.78, 5) is 2.47. The second-order valence-corrected chi connectivity index (χ2v) is 4.04. The summed E-state index contributed by atoms with van der Waals surface area (Å²) in [6.07, 6.45) is 2.69. The maximum Gasteiger partial charge on any atom is 0.00103 e. The van der Waals surface area contributed by atoms with Crippen molar-refractivity contribution in [3.63, 3.8) is 0 Å². The third-order valence-electron chi connectivity index (χ3n) is 3.05. The van der Waals surface area contributed by atoms with Crippen LogP contribution in [-0.4, -0.2) is 38.6 Å². The first kappa shape index (κ1) is 10.0. The highest BCUT2D eigenvalue weighted by Gasteiger charge is 2.28. The van der Waals surface area contributed by atoms with E-state index in [1.165, 1.54) is 32.5 Å². The van der Waals surface area contributed by atoms with E-state index in [9.17, 15) is 0 Å². The highest BCUT2D eigenvalue weighted by Crippen LogP contribution is 2.26. The standard InChI is InChI=1S/C10H22N2/c1-4-9-7-12(3)8-10(9)5-6-11-2/h9-11H,4-8H2,1-3H3. The Bertz CT molecular complexity index is 125. The number of rotatable bonds is 4. The SMILES string of the molecule is CCC1CN(C)CC1CCNC. The molecule has 1 saturated heterocycles. The molecule has 12 heavy (non-hydrogen) atoms. The summed E-state index contributed by atoms with van der Waals surface area (Å²) >= 11 is 0. The lowest BCUT2D eigenvalue weighted by molar-refractivity contribution is 0.379. The van der Waals surface area contributed by atoms with Crippen molar-refractivity contribution in [3.05, 3.63) is 0 Å². The van der Waals surface area contributed by atoms with Crippen LogP contribution in [0.5, 0.6) is 0 Å². The van der Waals surface area contributed by atoms with Crippen molar-refractivity contribution in [1.29, 1.82) is 0 Å². The van der Waals surface area contributed by atoms with Crippen LogP contribution in [0.4, 0.5) is 0 Å². The largest absolute Gasteiger partial charge is 0.320 e. The van der Waals surface area contributed by atoms with Gasteiger partial charge in [0.15, 0.2) is 0 Å². The highest BCUT2D eigenvalue weighted by molar-refractivity contribution is 4.81. The molecule has 0 amide bonds. The molecule has 1 heterocycles. The van der Waals surface area contributed by atoms with Gasteiger partial charge >= 0.3 is 0 Å². The Morgan fingerprint density at radius 1 is 1.33 bits per heavy atom. The molecule has 0 aromatic rings. The number of hydrogen-bond donors (Lipinski definition) is 1. The Labute approximate surface area is 76.3 Å². The van der Waals surface area contributed by atoms with E-state index in [0.717, 1.165) is 11.8 Å². The third-order valence-corrected chi connectivity index (χ3v) is 3.05. The smallest absolute Gasteiger partial charge is 0.00103 e. The molecule has 0 aromatic heterocycles. The average Bonchev–Trinajstić information content (AvgIpc) is 2.42. The van der Waals surface area contributed by atoms with E-state index in [1.807, 2.05) is 7.05 Å². The van der Waals surface area contributed by atoms with Crippen molar-refractivity contribution >= 4 is 0 Å². The quantitative estimate of drug-likeness (QED) is 0.681. The number of hydrogen-bond acceptors (Lipinski definition) is 2. The van der Waals surface area contributed by atoms with Gasteiger partial charge in [-0.25, -0.2) is 0 Å². The van der Waals surface area contributed by atoms with Crippen LogP contribution in [-0.2, 0) is 0 Å². The van der Waals surface area contributed by atoms with Gasteiger partial charge in [0.05, 0.1) is 0 Å². The van der Waals surface area contributed by atoms with E-state index in [1.54, 1.807) is 0 Å². The predicted octanol–water partition coefficient (Wildman–Crippen LogP) is 1.18. The molecule has 1 aliphatic heterocycles. The molecular formula is C10H22N2. The van der Waals surface area contributed by atoms with Crippen LogP contribution in [0.25, 0.3) is 0 Å². The van der Waals surface area contributed by atoms with Gasteiger partial charge in [-0.2, -0.15) is 0 Å². The molecule has 1 fully saturated rings. The van der Waals surface area contributed by atoms with Crippen LogP contribution in [0, 0.1) is 11.8 Å². The normalized spacial score (nSPS) is 31.2. The molecule has 1 rings (SSSR count). The van der Waals surface area contributed by atoms with Gasteiger partial charge in [0.1, 0.15) is 0 Å². The Balaban J connectivity index is 2.30. The van der Waals surface area contributed by atoms with Crippen molar-refractivity contribution in [2.75, 3.05) is 33.7 Å². The first-order chi connectivity index (χ1) is 5.77. The molecule has 1 aliphatic rings. The Morgan fingerprint density at radius 3 is 2.58 bits per heavy atom. The van der Waals surface area contributed by atoms with E-state index < -0.39 is 0 Å². The van der Waals surface area contributed by atoms with Gasteiger partial charge in [-0.3, -0.25) is 0 Å². The van der Waals surface area contributed by atoms with Gasteiger partial charge in [-0.05, 0) is 38.9 Å². The molecule has 0 bridgehead atoms. The fraction of sp³-hybridized carbons (Fsp3) is 1.00. The first-order valence-corrected chi connectivity index (χ1v) is 5.11. The molecule has 2 heteroatoms. The number of nitrogens with one attached hydrogen (secondary N) is 1. The van der Waals surface area contributed by atoms with Crippen molar-refractivity contribution < 1.29 is 0 Å². The number of likely N-dealkylation sites (tertiary alicyclic amines) is 1. The molecule has 0 saturated carbocycles. The molecule has 0 spiro atoms. The van der Waals surface area contributed by atoms with Crippen LogP contribution in [0.15, 0.2) is 0 Å². The average molecular weight is 170 g/mol. The Morgan fingerprint density at radius 2 is 2.00 bits per heavy atom. The van der Waals surface area contributed by atoms with Gasteiger partial charge in [-0.1, -0.05) is 13.3 Å². The summed E-state index contributed by atoms with van der Waals surface area (Å²) < 4.78 is 0. The lowest BCUT2D eigenvalue weighted by atomic mass is 9.91. The first-order valence-electron chi connectivity index (χ1n) is 5.11. The van der Waals surface area contributed by atoms with Crippen LogP contribution >= 0.6 is 0 Å². The minimum Gasteiger partial charge on any atom is -0.320 e. The highest BCUT2D eigenvalue weighted by atomic mass is 15.1. The second kappa shape index (κ2) is 4.83. The van der Waals surface area contributed by atoms with Crippen LogP contribution in [0.1, 0.15) is 19.8 Å². The molecule has 2 unspecified atom stereocenters. The van der Waals surface area contributed by atoms with E-state index >= 15 is 0 Å². The van der Waals surface area contributed by atoms with Crippen molar-refractivity contribution in [1.82, 2.24) is 10.2 Å². The predicted molar refractivity (Wildman–Crippen MR) is 53.3 cm³/mol. The Kier molecular flexibility index (Phi) is 4.02. The minimum atomic E-state index is 0.937. The van der Waals surface area contributed by atoms with E-state index in [-0.39, 0.29) is 0 Å². The summed E-state index contributed by atoms with van der Waals surface area (Å²) in [5.74, 6) is 1.88. The van der Waals surface area contributed by atoms with Crippen LogP contribution in [0.2, 0.25) is 0 Å². The van der Waals surface area contributed by atoms with Gasteiger partial charge in [0.25, 0.3) is 0 Å². The summed E-state index contributed by atoms with van der Waals surface area (Å²) in [6.45, 7) is 6.11. The topological polar surface area (TPSA) is 15.3 Å². The maximum atomic E-state index is 3.24. The summed E-state index contributed by atoms with van der Waals surface area (Å²) in [5.41, 5.74) is 0. The van der Waals surface area contributed by atoms with Crippen LogP contribution in [0.3, 0.4) is 0 Å². The minimum absolute atomic E-state index is 0.937. The van der Waals surface area contributed by atoms with E-state index in [0.29, 0.717) is 0 Å². The summed E-state index contributed by atoms with van der Waals surface area (Å²) in [6, 6.07) is 0. The van der Waals surface area contributed by atoms with Gasteiger partial charge in [0, 0.05) is 13.1 Å². The molecule has 2 atom stereocenters. The zero-order valence-corrected chi connectivity index (χ0v) is 8.64. The molecule has 0 radical (unpaired) electrons. The third kappa shape index (κ3) is 2.46. The molecule has 0 aliphatic carbocycles. The van der Waals surface area contributed by atoms with Crippen LogP contribution < -0.4 is 5.32 Å². The summed E-state index contributed by atoms with van der Waals surface area (Å²) in [5, 5.41) is 3.24. The van der Waals surface area contributed by atoms with Gasteiger partial charge in [-0.15, -0.1) is 0 Å². The Hall–Kier alpha value is -0.0800. The van der Waals surface area contributed by atoms with Crippen molar-refractivity contribution in [2.45, 2.75) is 19.8 Å². The molecule has 0 aromatic carbocycles. The maximum absolute atomic E-state index is 3.24. The second-order valence-electron chi connectivity index (χ2n) is 4.04. The van der Waals surface area contributed by atoms with Crippen molar-refractivity contribution in [3.8, 4) is 0 Å². The molecule has 72 valence electrons. The molecule has 2 nitrogen and oxygen atoms in total. The lowest BCUT2D eigenvalue weighted by Gasteiger charge is -2.15. The molecular weight excluding hydrogens is 148 g/mol. The zero-order valence-electron chi connectivity index (χ0n) is 8.64. The fourth-order valence-corrected chi connectivity index (χ4v) is 2.29.